The predicted octanol–water partition coefficient (Wildman–Crippen LogP) is 1.42. The van der Waals surface area contributed by atoms with Crippen molar-refractivity contribution in [1.29, 1.82) is 0 Å². The number of benzene rings is 1. The second-order valence-corrected chi connectivity index (χ2v) is 2.89. The van der Waals surface area contributed by atoms with Gasteiger partial charge >= 0.3 is 0 Å². The third-order valence-electron chi connectivity index (χ3n) is 1.98. The van der Waals surface area contributed by atoms with Crippen molar-refractivity contribution in [3.05, 3.63) is 46.1 Å². The van der Waals surface area contributed by atoms with E-state index in [4.69, 9.17) is 9.52 Å². The fourth-order valence-corrected chi connectivity index (χ4v) is 1.25. The summed E-state index contributed by atoms with van der Waals surface area (Å²) in [6, 6.07) is 3.66. The molecule has 1 N–H and O–H groups in total. The van der Waals surface area contributed by atoms with Crippen molar-refractivity contribution in [3.8, 4) is 0 Å². The molecule has 0 saturated carbocycles. The third kappa shape index (κ3) is 1.29. The van der Waals surface area contributed by atoms with Gasteiger partial charge in [0.1, 0.15) is 17.7 Å². The van der Waals surface area contributed by atoms with Crippen LogP contribution in [-0.4, -0.2) is 5.11 Å². The van der Waals surface area contributed by atoms with E-state index in [9.17, 15) is 9.18 Å². The van der Waals surface area contributed by atoms with E-state index in [0.29, 0.717) is 0 Å². The number of aliphatic hydroxyl groups excluding tert-OH is 1. The van der Waals surface area contributed by atoms with Crippen molar-refractivity contribution in [2.24, 2.45) is 0 Å². The molecule has 0 aliphatic heterocycles. The van der Waals surface area contributed by atoms with E-state index >= 15 is 0 Å². The summed E-state index contributed by atoms with van der Waals surface area (Å²) >= 11 is 0. The lowest BCUT2D eigenvalue weighted by Gasteiger charge is -1.98. The zero-order valence-electron chi connectivity index (χ0n) is 7.16. The van der Waals surface area contributed by atoms with Gasteiger partial charge in [0.05, 0.1) is 17.6 Å². The standard InChI is InChI=1S/C10H7FO3/c11-7-1-2-8-9(3-7)14-5-6(4-12)10(8)13/h1-3,5,12H,4H2. The molecule has 3 nitrogen and oxygen atoms in total. The molecule has 0 spiro atoms. The number of rotatable bonds is 1. The minimum atomic E-state index is -0.461. The van der Waals surface area contributed by atoms with Crippen molar-refractivity contribution in [3.63, 3.8) is 0 Å². The van der Waals surface area contributed by atoms with Crippen LogP contribution in [0.2, 0.25) is 0 Å². The molecule has 2 aromatic rings. The summed E-state index contributed by atoms with van der Waals surface area (Å²) in [4.78, 5) is 11.5. The van der Waals surface area contributed by atoms with Crippen LogP contribution in [0.15, 0.2) is 33.7 Å². The lowest BCUT2D eigenvalue weighted by molar-refractivity contribution is 0.277. The topological polar surface area (TPSA) is 50.4 Å². The fourth-order valence-electron chi connectivity index (χ4n) is 1.25. The van der Waals surface area contributed by atoms with E-state index < -0.39 is 5.82 Å². The molecule has 0 atom stereocenters. The zero-order chi connectivity index (χ0) is 10.1. The second-order valence-electron chi connectivity index (χ2n) is 2.89. The lowest BCUT2D eigenvalue weighted by atomic mass is 10.2. The smallest absolute Gasteiger partial charge is 0.198 e. The summed E-state index contributed by atoms with van der Waals surface area (Å²) in [5, 5.41) is 9.07. The highest BCUT2D eigenvalue weighted by Crippen LogP contribution is 2.12. The van der Waals surface area contributed by atoms with Crippen molar-refractivity contribution in [2.45, 2.75) is 6.61 Å². The molecule has 0 aliphatic carbocycles. The van der Waals surface area contributed by atoms with Gasteiger partial charge in [0, 0.05) is 6.07 Å². The van der Waals surface area contributed by atoms with Gasteiger partial charge in [-0.1, -0.05) is 0 Å². The highest BCUT2D eigenvalue weighted by atomic mass is 19.1. The van der Waals surface area contributed by atoms with E-state index in [0.717, 1.165) is 12.3 Å². The van der Waals surface area contributed by atoms with Crippen LogP contribution in [0.1, 0.15) is 5.56 Å². The maximum atomic E-state index is 12.7. The normalized spacial score (nSPS) is 10.7. The van der Waals surface area contributed by atoms with Crippen LogP contribution in [0.5, 0.6) is 0 Å². The maximum absolute atomic E-state index is 12.7. The molecule has 0 fully saturated rings. The van der Waals surface area contributed by atoms with Crippen molar-refractivity contribution in [1.82, 2.24) is 0 Å². The van der Waals surface area contributed by atoms with E-state index in [1.54, 1.807) is 0 Å². The molecule has 0 unspecified atom stereocenters. The van der Waals surface area contributed by atoms with Crippen LogP contribution in [0.4, 0.5) is 4.39 Å². The first-order valence-electron chi connectivity index (χ1n) is 4.03. The summed E-state index contributed by atoms with van der Waals surface area (Å²) in [6.45, 7) is -0.379. The number of aliphatic hydroxyl groups is 1. The average Bonchev–Trinajstić information content (AvgIpc) is 2.18. The Labute approximate surface area is 78.4 Å². The highest BCUT2D eigenvalue weighted by Gasteiger charge is 2.06. The van der Waals surface area contributed by atoms with Crippen LogP contribution in [0, 0.1) is 5.82 Å². The van der Waals surface area contributed by atoms with E-state index in [1.165, 1.54) is 12.1 Å². The van der Waals surface area contributed by atoms with Crippen LogP contribution in [-0.2, 0) is 6.61 Å². The van der Waals surface area contributed by atoms with Crippen LogP contribution >= 0.6 is 0 Å². The molecule has 72 valence electrons. The maximum Gasteiger partial charge on any atom is 0.198 e. The summed E-state index contributed by atoms with van der Waals surface area (Å²) in [7, 11) is 0. The molecule has 2 rings (SSSR count). The van der Waals surface area contributed by atoms with Gasteiger partial charge in [-0.15, -0.1) is 0 Å². The average molecular weight is 194 g/mol. The quantitative estimate of drug-likeness (QED) is 0.746. The number of fused-ring (bicyclic) bond motifs is 1. The van der Waals surface area contributed by atoms with Gasteiger partial charge in [0.15, 0.2) is 5.43 Å². The molecule has 0 bridgehead atoms. The largest absolute Gasteiger partial charge is 0.464 e. The van der Waals surface area contributed by atoms with Gasteiger partial charge < -0.3 is 9.52 Å². The Bertz CT molecular complexity index is 530. The second kappa shape index (κ2) is 3.23. The molecule has 1 aromatic carbocycles. The third-order valence-corrected chi connectivity index (χ3v) is 1.98. The minimum Gasteiger partial charge on any atom is -0.464 e. The fraction of sp³-hybridized carbons (Fsp3) is 0.100. The van der Waals surface area contributed by atoms with Crippen molar-refractivity contribution in [2.75, 3.05) is 0 Å². The Morgan fingerprint density at radius 2 is 2.21 bits per heavy atom. The molecular weight excluding hydrogens is 187 g/mol. The molecule has 14 heavy (non-hydrogen) atoms. The molecule has 1 heterocycles. The van der Waals surface area contributed by atoms with Gasteiger partial charge in [0.25, 0.3) is 0 Å². The summed E-state index contributed by atoms with van der Waals surface area (Å²) in [5.41, 5.74) is 0.0325. The Balaban J connectivity index is 2.84. The molecule has 0 saturated heterocycles. The van der Waals surface area contributed by atoms with Gasteiger partial charge in [-0.3, -0.25) is 4.79 Å². The summed E-state index contributed by atoms with van der Waals surface area (Å²) in [6.07, 6.45) is 1.14. The van der Waals surface area contributed by atoms with Gasteiger partial charge in [-0.05, 0) is 12.1 Å². The van der Waals surface area contributed by atoms with Crippen molar-refractivity contribution >= 4 is 11.0 Å². The first-order valence-corrected chi connectivity index (χ1v) is 4.03. The molecule has 0 amide bonds. The van der Waals surface area contributed by atoms with E-state index in [-0.39, 0.29) is 28.6 Å². The predicted molar refractivity (Wildman–Crippen MR) is 48.4 cm³/mol. The van der Waals surface area contributed by atoms with Crippen molar-refractivity contribution < 1.29 is 13.9 Å². The number of hydrogen-bond acceptors (Lipinski definition) is 3. The number of hydrogen-bond donors (Lipinski definition) is 1. The Morgan fingerprint density at radius 1 is 1.43 bits per heavy atom. The molecule has 1 aromatic heterocycles. The number of halogens is 1. The Kier molecular flexibility index (Phi) is 2.05. The van der Waals surface area contributed by atoms with Gasteiger partial charge in [0.2, 0.25) is 0 Å². The van der Waals surface area contributed by atoms with Crippen LogP contribution in [0.3, 0.4) is 0 Å². The monoisotopic (exact) mass is 194 g/mol. The highest BCUT2D eigenvalue weighted by molar-refractivity contribution is 5.76. The van der Waals surface area contributed by atoms with Gasteiger partial charge in [-0.2, -0.15) is 0 Å². The van der Waals surface area contributed by atoms with Crippen LogP contribution in [0.25, 0.3) is 11.0 Å². The first kappa shape index (κ1) is 8.90. The van der Waals surface area contributed by atoms with Crippen LogP contribution < -0.4 is 5.43 Å². The van der Waals surface area contributed by atoms with E-state index in [1.807, 2.05) is 0 Å². The SMILES string of the molecule is O=c1c(CO)coc2cc(F)ccc12. The summed E-state index contributed by atoms with van der Waals surface area (Å²) in [5.74, 6) is -0.461. The first-order chi connectivity index (χ1) is 6.72. The minimum absolute atomic E-state index is 0.170. The van der Waals surface area contributed by atoms with Gasteiger partial charge in [-0.25, -0.2) is 4.39 Å². The Hall–Kier alpha value is -1.68. The molecular formula is C10H7FO3. The lowest BCUT2D eigenvalue weighted by Crippen LogP contribution is -2.08. The zero-order valence-corrected chi connectivity index (χ0v) is 7.16. The molecule has 4 heteroatoms. The summed E-state index contributed by atoms with van der Waals surface area (Å²) < 4.78 is 17.7. The van der Waals surface area contributed by atoms with E-state index in [2.05, 4.69) is 0 Å². The molecule has 0 aliphatic rings. The Morgan fingerprint density at radius 3 is 2.93 bits per heavy atom. The molecule has 0 radical (unpaired) electrons.